The molecule has 4 heteroatoms. The zero-order valence-electron chi connectivity index (χ0n) is 28.1. The van der Waals surface area contributed by atoms with E-state index in [1.54, 1.807) is 0 Å². The van der Waals surface area contributed by atoms with Gasteiger partial charge in [-0.2, -0.15) is 0 Å². The molecular formula is C48H30N4. The predicted octanol–water partition coefficient (Wildman–Crippen LogP) is 12.3. The van der Waals surface area contributed by atoms with E-state index in [2.05, 4.69) is 173 Å². The lowest BCUT2D eigenvalue weighted by atomic mass is 10.0. The van der Waals surface area contributed by atoms with Crippen molar-refractivity contribution in [2.45, 2.75) is 0 Å². The minimum atomic E-state index is 0.715. The van der Waals surface area contributed by atoms with Crippen molar-refractivity contribution in [3.63, 3.8) is 0 Å². The second kappa shape index (κ2) is 11.2. The Morgan fingerprint density at radius 3 is 1.81 bits per heavy atom. The highest BCUT2D eigenvalue weighted by Gasteiger charge is 2.20. The highest BCUT2D eigenvalue weighted by Crippen LogP contribution is 2.41. The van der Waals surface area contributed by atoms with Crippen LogP contribution in [0.25, 0.3) is 99.3 Å². The maximum absolute atomic E-state index is 5.13. The molecule has 0 aliphatic rings. The Morgan fingerprint density at radius 1 is 0.346 bits per heavy atom. The largest absolute Gasteiger partial charge is 0.309 e. The maximum atomic E-state index is 5.13. The summed E-state index contributed by atoms with van der Waals surface area (Å²) in [6.07, 6.45) is 0. The summed E-state index contributed by atoms with van der Waals surface area (Å²) in [4.78, 5) is 10.1. The summed E-state index contributed by atoms with van der Waals surface area (Å²) in [6, 6.07) is 64.9. The molecule has 0 aliphatic carbocycles. The van der Waals surface area contributed by atoms with E-state index in [0.717, 1.165) is 39.1 Å². The van der Waals surface area contributed by atoms with Crippen molar-refractivity contribution in [3.8, 4) is 34.0 Å². The summed E-state index contributed by atoms with van der Waals surface area (Å²) >= 11 is 0. The van der Waals surface area contributed by atoms with Crippen molar-refractivity contribution in [2.75, 3.05) is 0 Å². The number of nitrogens with zero attached hydrogens (tertiary/aromatic N) is 4. The number of benzene rings is 8. The zero-order chi connectivity index (χ0) is 34.2. The van der Waals surface area contributed by atoms with Crippen molar-refractivity contribution in [1.29, 1.82) is 0 Å². The minimum absolute atomic E-state index is 0.715. The number of aromatic nitrogens is 4. The van der Waals surface area contributed by atoms with Gasteiger partial charge in [0, 0.05) is 54.8 Å². The number of rotatable bonds is 4. The van der Waals surface area contributed by atoms with Crippen LogP contribution in [-0.2, 0) is 0 Å². The molecule has 0 N–H and O–H groups in total. The highest BCUT2D eigenvalue weighted by atomic mass is 15.0. The molecule has 11 rings (SSSR count). The normalized spacial score (nSPS) is 11.8. The smallest absolute Gasteiger partial charge is 0.160 e. The van der Waals surface area contributed by atoms with Crippen molar-refractivity contribution in [1.82, 2.24) is 19.1 Å². The first-order valence-corrected chi connectivity index (χ1v) is 17.7. The third kappa shape index (κ3) is 4.28. The van der Waals surface area contributed by atoms with Gasteiger partial charge in [0.25, 0.3) is 0 Å². The molecule has 0 saturated heterocycles. The molecule has 52 heavy (non-hydrogen) atoms. The molecule has 0 fully saturated rings. The molecule has 0 atom stereocenters. The highest BCUT2D eigenvalue weighted by molar-refractivity contribution is 6.23. The molecule has 0 saturated carbocycles. The monoisotopic (exact) mass is 662 g/mol. The summed E-state index contributed by atoms with van der Waals surface area (Å²) in [5, 5.41) is 8.50. The summed E-state index contributed by atoms with van der Waals surface area (Å²) in [6.45, 7) is 0. The van der Waals surface area contributed by atoms with Gasteiger partial charge in [0.05, 0.1) is 33.3 Å². The second-order valence-corrected chi connectivity index (χ2v) is 13.4. The Balaban J connectivity index is 1.14. The van der Waals surface area contributed by atoms with E-state index >= 15 is 0 Å². The molecule has 242 valence electrons. The van der Waals surface area contributed by atoms with Crippen LogP contribution in [0.5, 0.6) is 0 Å². The first-order chi connectivity index (χ1) is 25.8. The molecule has 8 aromatic carbocycles. The molecule has 3 heterocycles. The molecule has 0 spiro atoms. The molecular weight excluding hydrogens is 633 g/mol. The van der Waals surface area contributed by atoms with Gasteiger partial charge in [-0.3, -0.25) is 0 Å². The van der Waals surface area contributed by atoms with Gasteiger partial charge in [-0.05, 0) is 66.0 Å². The lowest BCUT2D eigenvalue weighted by Crippen LogP contribution is -1.97. The fourth-order valence-corrected chi connectivity index (χ4v) is 8.14. The fourth-order valence-electron chi connectivity index (χ4n) is 8.14. The van der Waals surface area contributed by atoms with Crippen LogP contribution >= 0.6 is 0 Å². The van der Waals surface area contributed by atoms with E-state index in [9.17, 15) is 0 Å². The average Bonchev–Trinajstić information content (AvgIpc) is 3.72. The molecule has 3 aromatic heterocycles. The SMILES string of the molecule is c1ccc(-c2nc(-c3ccc(-n4c5ccccc5c5cc6c7ccc8ccccc8c7n(-c7ccccc7)c6cc54)cc3)nc3ccccc23)cc1. The van der Waals surface area contributed by atoms with Gasteiger partial charge in [-0.1, -0.05) is 121 Å². The van der Waals surface area contributed by atoms with Crippen LogP contribution in [0.1, 0.15) is 0 Å². The Bertz CT molecular complexity index is 3160. The zero-order valence-corrected chi connectivity index (χ0v) is 28.1. The molecule has 0 unspecified atom stereocenters. The van der Waals surface area contributed by atoms with E-state index in [1.165, 1.54) is 54.4 Å². The van der Waals surface area contributed by atoms with Crippen LogP contribution in [0.2, 0.25) is 0 Å². The lowest BCUT2D eigenvalue weighted by molar-refractivity contribution is 1.16. The van der Waals surface area contributed by atoms with Crippen molar-refractivity contribution >= 4 is 65.3 Å². The van der Waals surface area contributed by atoms with Gasteiger partial charge >= 0.3 is 0 Å². The van der Waals surface area contributed by atoms with E-state index in [4.69, 9.17) is 9.97 Å². The summed E-state index contributed by atoms with van der Waals surface area (Å²) in [5.74, 6) is 0.715. The van der Waals surface area contributed by atoms with Crippen LogP contribution in [0, 0.1) is 0 Å². The molecule has 11 aromatic rings. The first kappa shape index (κ1) is 28.8. The Hall–Kier alpha value is -7.04. The number of hydrogen-bond acceptors (Lipinski definition) is 2. The second-order valence-electron chi connectivity index (χ2n) is 13.4. The molecule has 0 amide bonds. The van der Waals surface area contributed by atoms with Crippen LogP contribution < -0.4 is 0 Å². The minimum Gasteiger partial charge on any atom is -0.309 e. The molecule has 0 aliphatic heterocycles. The Labute approximate surface area is 299 Å². The number of hydrogen-bond donors (Lipinski definition) is 0. The van der Waals surface area contributed by atoms with Gasteiger partial charge in [-0.25, -0.2) is 9.97 Å². The first-order valence-electron chi connectivity index (χ1n) is 17.7. The van der Waals surface area contributed by atoms with Crippen LogP contribution in [0.3, 0.4) is 0 Å². The Kier molecular flexibility index (Phi) is 6.22. The lowest BCUT2D eigenvalue weighted by Gasteiger charge is -2.12. The van der Waals surface area contributed by atoms with Gasteiger partial charge in [0.1, 0.15) is 0 Å². The van der Waals surface area contributed by atoms with E-state index in [-0.39, 0.29) is 0 Å². The van der Waals surface area contributed by atoms with Gasteiger partial charge in [0.15, 0.2) is 5.82 Å². The van der Waals surface area contributed by atoms with Crippen LogP contribution in [0.15, 0.2) is 182 Å². The van der Waals surface area contributed by atoms with Gasteiger partial charge in [-0.15, -0.1) is 0 Å². The molecule has 0 bridgehead atoms. The standard InChI is InChI=1S/C48H30N4/c1-3-14-32(15-4-1)46-39-20-9-11-21-42(39)49-48(50-46)33-23-26-35(27-24-33)51-43-22-12-10-19-37(43)40-29-41-38-28-25-31-13-7-8-18-36(31)47(38)52(45(41)30-44(40)51)34-16-5-2-6-17-34/h1-30H. The van der Waals surface area contributed by atoms with Crippen molar-refractivity contribution in [2.24, 2.45) is 0 Å². The summed E-state index contributed by atoms with van der Waals surface area (Å²) < 4.78 is 4.84. The van der Waals surface area contributed by atoms with Crippen molar-refractivity contribution < 1.29 is 0 Å². The number of fused-ring (bicyclic) bond motifs is 9. The Morgan fingerprint density at radius 2 is 0.981 bits per heavy atom. The molecule has 0 radical (unpaired) electrons. The predicted molar refractivity (Wildman–Crippen MR) is 217 cm³/mol. The third-order valence-electron chi connectivity index (χ3n) is 10.5. The number of para-hydroxylation sites is 3. The van der Waals surface area contributed by atoms with Gasteiger partial charge in [0.2, 0.25) is 0 Å². The van der Waals surface area contributed by atoms with E-state index in [0.29, 0.717) is 5.82 Å². The van der Waals surface area contributed by atoms with E-state index in [1.807, 2.05) is 18.2 Å². The average molecular weight is 663 g/mol. The van der Waals surface area contributed by atoms with Crippen LogP contribution in [0.4, 0.5) is 0 Å². The van der Waals surface area contributed by atoms with E-state index < -0.39 is 0 Å². The fraction of sp³-hybridized carbons (Fsp3) is 0. The van der Waals surface area contributed by atoms with Crippen molar-refractivity contribution in [3.05, 3.63) is 182 Å². The quantitative estimate of drug-likeness (QED) is 0.188. The summed E-state index contributed by atoms with van der Waals surface area (Å²) in [7, 11) is 0. The summed E-state index contributed by atoms with van der Waals surface area (Å²) in [5.41, 5.74) is 10.9. The third-order valence-corrected chi connectivity index (χ3v) is 10.5. The van der Waals surface area contributed by atoms with Gasteiger partial charge < -0.3 is 9.13 Å². The maximum Gasteiger partial charge on any atom is 0.160 e. The topological polar surface area (TPSA) is 35.6 Å². The molecule has 4 nitrogen and oxygen atoms in total. The van der Waals surface area contributed by atoms with Crippen LogP contribution in [-0.4, -0.2) is 19.1 Å².